The molecule has 1 saturated heterocycles. The molecule has 0 amide bonds. The van der Waals surface area contributed by atoms with Crippen molar-refractivity contribution in [3.8, 4) is 0 Å². The second-order valence-electron chi connectivity index (χ2n) is 6.35. The number of hydrogen-bond acceptors (Lipinski definition) is 1. The highest BCUT2D eigenvalue weighted by Crippen LogP contribution is 2.77. The fourth-order valence-electron chi connectivity index (χ4n) is 5.44. The van der Waals surface area contributed by atoms with Crippen molar-refractivity contribution in [2.24, 2.45) is 17.3 Å². The van der Waals surface area contributed by atoms with Crippen molar-refractivity contribution in [3.05, 3.63) is 0 Å². The zero-order chi connectivity index (χ0) is 9.55. The van der Waals surface area contributed by atoms with Gasteiger partial charge in [0.1, 0.15) is 0 Å². The van der Waals surface area contributed by atoms with Gasteiger partial charge in [-0.15, -0.1) is 0 Å². The lowest BCUT2D eigenvalue weighted by atomic mass is 9.55. The summed E-state index contributed by atoms with van der Waals surface area (Å²) in [5.41, 5.74) is 1.51. The smallest absolute Gasteiger partial charge is 0.0284 e. The second-order valence-corrected chi connectivity index (χ2v) is 6.35. The average Bonchev–Trinajstić information content (AvgIpc) is 3.05. The molecule has 14 heavy (non-hydrogen) atoms. The maximum atomic E-state index is 2.70. The van der Waals surface area contributed by atoms with E-state index in [1.807, 2.05) is 0 Å². The minimum atomic E-state index is 0.715. The van der Waals surface area contributed by atoms with Crippen LogP contribution in [0.3, 0.4) is 0 Å². The maximum Gasteiger partial charge on any atom is 0.0284 e. The van der Waals surface area contributed by atoms with Crippen molar-refractivity contribution in [1.82, 2.24) is 4.90 Å². The Kier molecular flexibility index (Phi) is 1.20. The first-order valence-corrected chi connectivity index (χ1v) is 6.45. The average molecular weight is 191 g/mol. The summed E-state index contributed by atoms with van der Waals surface area (Å²) in [6.07, 6.45) is 9.24. The maximum absolute atomic E-state index is 2.70. The van der Waals surface area contributed by atoms with Gasteiger partial charge in [-0.2, -0.15) is 0 Å². The number of nitrogens with zero attached hydrogens (tertiary/aromatic N) is 1. The van der Waals surface area contributed by atoms with Gasteiger partial charge < -0.3 is 0 Å². The lowest BCUT2D eigenvalue weighted by Gasteiger charge is -2.65. The molecule has 3 aliphatic carbocycles. The predicted octanol–water partition coefficient (Wildman–Crippen LogP) is 2.66. The first-order chi connectivity index (χ1) is 6.72. The van der Waals surface area contributed by atoms with Gasteiger partial charge in [0.2, 0.25) is 0 Å². The van der Waals surface area contributed by atoms with Gasteiger partial charge in [-0.3, -0.25) is 4.90 Å². The monoisotopic (exact) mass is 191 g/mol. The number of likely N-dealkylation sites (tertiary alicyclic amines) is 1. The molecule has 0 bridgehead atoms. The van der Waals surface area contributed by atoms with E-state index in [1.54, 1.807) is 19.3 Å². The molecule has 4 unspecified atom stereocenters. The van der Waals surface area contributed by atoms with Crippen LogP contribution in [0.15, 0.2) is 0 Å². The zero-order valence-electron chi connectivity index (χ0n) is 9.42. The van der Waals surface area contributed by atoms with Crippen LogP contribution >= 0.6 is 0 Å². The molecule has 1 nitrogen and oxygen atoms in total. The van der Waals surface area contributed by atoms with Crippen LogP contribution in [-0.4, -0.2) is 23.5 Å². The zero-order valence-corrected chi connectivity index (χ0v) is 9.42. The quantitative estimate of drug-likeness (QED) is 0.569. The van der Waals surface area contributed by atoms with E-state index in [4.69, 9.17) is 0 Å². The van der Waals surface area contributed by atoms with Gasteiger partial charge in [0, 0.05) is 17.0 Å². The molecule has 4 fully saturated rings. The lowest BCUT2D eigenvalue weighted by Crippen LogP contribution is -2.72. The van der Waals surface area contributed by atoms with Crippen LogP contribution in [0, 0.1) is 17.3 Å². The summed E-state index contributed by atoms with van der Waals surface area (Å²) in [6, 6.07) is 0.889. The Hall–Kier alpha value is -0.0400. The van der Waals surface area contributed by atoms with E-state index in [1.165, 1.54) is 19.3 Å². The van der Waals surface area contributed by atoms with Gasteiger partial charge in [-0.05, 0) is 51.5 Å². The molecular weight excluding hydrogens is 170 g/mol. The molecule has 0 radical (unpaired) electrons. The van der Waals surface area contributed by atoms with Crippen LogP contribution < -0.4 is 0 Å². The number of rotatable bonds is 0. The van der Waals surface area contributed by atoms with E-state index in [9.17, 15) is 0 Å². The Morgan fingerprint density at radius 1 is 1.21 bits per heavy atom. The summed E-state index contributed by atoms with van der Waals surface area (Å²) in [7, 11) is 2.37. The molecule has 2 spiro atoms. The fraction of sp³-hybridized carbons (Fsp3) is 1.00. The highest BCUT2D eigenvalue weighted by Gasteiger charge is 2.78. The van der Waals surface area contributed by atoms with Crippen molar-refractivity contribution in [2.45, 2.75) is 57.0 Å². The van der Waals surface area contributed by atoms with Crippen LogP contribution in [0.25, 0.3) is 0 Å². The number of fused-ring (bicyclic) bond motifs is 3. The molecular formula is C13H21N. The molecule has 0 aromatic carbocycles. The highest BCUT2D eigenvalue weighted by atomic mass is 15.3. The second kappa shape index (κ2) is 2.07. The van der Waals surface area contributed by atoms with Crippen molar-refractivity contribution < 1.29 is 0 Å². The summed E-state index contributed by atoms with van der Waals surface area (Å²) < 4.78 is 0. The third kappa shape index (κ3) is 0.599. The summed E-state index contributed by atoms with van der Waals surface area (Å²) >= 11 is 0. The van der Waals surface area contributed by atoms with E-state index in [2.05, 4.69) is 18.9 Å². The topological polar surface area (TPSA) is 3.24 Å². The van der Waals surface area contributed by atoms with Gasteiger partial charge in [0.25, 0.3) is 0 Å². The Bertz CT molecular complexity index is 290. The Balaban J connectivity index is 1.75. The number of hydrogen-bond donors (Lipinski definition) is 0. The van der Waals surface area contributed by atoms with Crippen LogP contribution in [0.2, 0.25) is 0 Å². The standard InChI is InChI=1S/C13H21N/c1-9-13(12(6-7-12)14(9)2)5-3-4-10-8-11(10)13/h9-11H,3-8H2,1-2H3. The van der Waals surface area contributed by atoms with Crippen molar-refractivity contribution in [2.75, 3.05) is 7.05 Å². The molecule has 1 aliphatic heterocycles. The first-order valence-electron chi connectivity index (χ1n) is 6.45. The molecule has 0 aromatic rings. The molecule has 4 atom stereocenters. The van der Waals surface area contributed by atoms with Crippen LogP contribution in [0.1, 0.15) is 45.4 Å². The van der Waals surface area contributed by atoms with Gasteiger partial charge in [-0.1, -0.05) is 12.8 Å². The normalized spacial score (nSPS) is 58.3. The lowest BCUT2D eigenvalue weighted by molar-refractivity contribution is -0.165. The highest BCUT2D eigenvalue weighted by molar-refractivity contribution is 5.31. The fourth-order valence-corrected chi connectivity index (χ4v) is 5.44. The third-order valence-corrected chi connectivity index (χ3v) is 6.34. The first kappa shape index (κ1) is 8.15. The molecule has 1 heterocycles. The van der Waals surface area contributed by atoms with Gasteiger partial charge >= 0.3 is 0 Å². The largest absolute Gasteiger partial charge is 0.297 e. The molecule has 4 aliphatic rings. The molecule has 78 valence electrons. The summed E-state index contributed by atoms with van der Waals surface area (Å²) in [4.78, 5) is 2.70. The molecule has 1 heteroatoms. The summed E-state index contributed by atoms with van der Waals surface area (Å²) in [5, 5.41) is 0. The Labute approximate surface area is 86.9 Å². The third-order valence-electron chi connectivity index (χ3n) is 6.34. The van der Waals surface area contributed by atoms with Crippen molar-refractivity contribution in [1.29, 1.82) is 0 Å². The van der Waals surface area contributed by atoms with Crippen LogP contribution in [0.4, 0.5) is 0 Å². The molecule has 4 rings (SSSR count). The van der Waals surface area contributed by atoms with E-state index in [-0.39, 0.29) is 0 Å². The van der Waals surface area contributed by atoms with E-state index >= 15 is 0 Å². The SMILES string of the molecule is CC1N(C)C2(CC2)C12CCCC1CC12. The molecule has 3 saturated carbocycles. The van der Waals surface area contributed by atoms with E-state index < -0.39 is 0 Å². The summed E-state index contributed by atoms with van der Waals surface area (Å²) in [6.45, 7) is 2.49. The Morgan fingerprint density at radius 3 is 2.71 bits per heavy atom. The van der Waals surface area contributed by atoms with Crippen molar-refractivity contribution >= 4 is 0 Å². The van der Waals surface area contributed by atoms with Crippen LogP contribution in [-0.2, 0) is 0 Å². The van der Waals surface area contributed by atoms with E-state index in [0.29, 0.717) is 5.54 Å². The van der Waals surface area contributed by atoms with Gasteiger partial charge in [-0.25, -0.2) is 0 Å². The predicted molar refractivity (Wildman–Crippen MR) is 57.1 cm³/mol. The van der Waals surface area contributed by atoms with E-state index in [0.717, 1.165) is 23.3 Å². The molecule has 0 N–H and O–H groups in total. The van der Waals surface area contributed by atoms with Crippen LogP contribution in [0.5, 0.6) is 0 Å². The Morgan fingerprint density at radius 2 is 2.00 bits per heavy atom. The minimum Gasteiger partial charge on any atom is -0.297 e. The summed E-state index contributed by atoms with van der Waals surface area (Å²) in [5.74, 6) is 2.29. The van der Waals surface area contributed by atoms with Gasteiger partial charge in [0.15, 0.2) is 0 Å². The van der Waals surface area contributed by atoms with Gasteiger partial charge in [0.05, 0.1) is 0 Å². The molecule has 0 aromatic heterocycles. The van der Waals surface area contributed by atoms with Crippen molar-refractivity contribution in [3.63, 3.8) is 0 Å². The minimum absolute atomic E-state index is 0.715.